The molecule has 0 saturated carbocycles. The van der Waals surface area contributed by atoms with E-state index in [0.29, 0.717) is 5.56 Å². The number of esters is 1. The Balaban J connectivity index is 1.91. The molecule has 0 spiro atoms. The largest absolute Gasteiger partial charge is 0.482 e. The van der Waals surface area contributed by atoms with Crippen LogP contribution in [0.5, 0.6) is 11.5 Å². The first kappa shape index (κ1) is 13.6. The quantitative estimate of drug-likeness (QED) is 0.633. The normalized spacial score (nSPS) is 9.60. The maximum absolute atomic E-state index is 12.9. The van der Waals surface area contributed by atoms with Crippen molar-refractivity contribution in [3.63, 3.8) is 0 Å². The van der Waals surface area contributed by atoms with Crippen molar-refractivity contribution >= 4 is 5.97 Å². The molecule has 0 aliphatic rings. The second-order valence-corrected chi connectivity index (χ2v) is 3.86. The molecule has 5 heteroatoms. The van der Waals surface area contributed by atoms with Crippen LogP contribution in [0.2, 0.25) is 0 Å². The molecule has 2 rings (SSSR count). The molecule has 0 unspecified atom stereocenters. The molecule has 4 nitrogen and oxygen atoms in total. The molecule has 0 aliphatic carbocycles. The predicted molar refractivity (Wildman–Crippen MR) is 68.7 cm³/mol. The molecule has 0 bridgehead atoms. The number of carbonyl (C=O) groups excluding carboxylic acids is 1. The van der Waals surface area contributed by atoms with Gasteiger partial charge in [0.15, 0.2) is 6.61 Å². The van der Waals surface area contributed by atoms with Gasteiger partial charge in [-0.15, -0.1) is 0 Å². The molecule has 100 valence electrons. The average molecular weight is 271 g/mol. The molecule has 0 N–H and O–H groups in total. The SMILES string of the molecule is N#Cc1cccc(OC(=O)COc2cccc(F)c2)c1. The summed E-state index contributed by atoms with van der Waals surface area (Å²) in [6.45, 7) is -0.347. The Labute approximate surface area is 115 Å². The lowest BCUT2D eigenvalue weighted by Crippen LogP contribution is -2.17. The van der Waals surface area contributed by atoms with Gasteiger partial charge in [-0.1, -0.05) is 12.1 Å². The van der Waals surface area contributed by atoms with Gasteiger partial charge in [0.05, 0.1) is 11.6 Å². The van der Waals surface area contributed by atoms with Gasteiger partial charge in [0.25, 0.3) is 0 Å². The zero-order valence-electron chi connectivity index (χ0n) is 10.4. The number of nitrogens with zero attached hydrogens (tertiary/aromatic N) is 1. The van der Waals surface area contributed by atoms with E-state index < -0.39 is 11.8 Å². The Hall–Kier alpha value is -2.87. The third-order valence-corrected chi connectivity index (χ3v) is 2.35. The molecule has 20 heavy (non-hydrogen) atoms. The zero-order valence-corrected chi connectivity index (χ0v) is 10.4. The Morgan fingerprint density at radius 3 is 2.65 bits per heavy atom. The molecule has 0 saturated heterocycles. The molecule has 0 aliphatic heterocycles. The van der Waals surface area contributed by atoms with Gasteiger partial charge in [-0.2, -0.15) is 5.26 Å². The lowest BCUT2D eigenvalue weighted by atomic mass is 10.2. The number of nitriles is 1. The average Bonchev–Trinajstić information content (AvgIpc) is 2.45. The monoisotopic (exact) mass is 271 g/mol. The summed E-state index contributed by atoms with van der Waals surface area (Å²) < 4.78 is 23.0. The molecule has 0 aromatic heterocycles. The van der Waals surface area contributed by atoms with Crippen molar-refractivity contribution in [1.29, 1.82) is 5.26 Å². The first-order valence-electron chi connectivity index (χ1n) is 5.76. The first-order chi connectivity index (χ1) is 9.67. The highest BCUT2D eigenvalue weighted by molar-refractivity contribution is 5.74. The highest BCUT2D eigenvalue weighted by Crippen LogP contribution is 2.14. The van der Waals surface area contributed by atoms with E-state index in [4.69, 9.17) is 14.7 Å². The number of ether oxygens (including phenoxy) is 2. The minimum atomic E-state index is -0.635. The van der Waals surface area contributed by atoms with Crippen molar-refractivity contribution in [1.82, 2.24) is 0 Å². The fraction of sp³-hybridized carbons (Fsp3) is 0.0667. The summed E-state index contributed by atoms with van der Waals surface area (Å²) in [6, 6.07) is 13.6. The summed E-state index contributed by atoms with van der Waals surface area (Å²) >= 11 is 0. The van der Waals surface area contributed by atoms with Gasteiger partial charge in [0, 0.05) is 6.07 Å². The second kappa shape index (κ2) is 6.34. The fourth-order valence-corrected chi connectivity index (χ4v) is 1.49. The zero-order chi connectivity index (χ0) is 14.4. The number of halogens is 1. The van der Waals surface area contributed by atoms with Crippen LogP contribution in [0.1, 0.15) is 5.56 Å². The molecule has 0 radical (unpaired) electrons. The minimum Gasteiger partial charge on any atom is -0.482 e. The van der Waals surface area contributed by atoms with Crippen LogP contribution < -0.4 is 9.47 Å². The second-order valence-electron chi connectivity index (χ2n) is 3.86. The summed E-state index contributed by atoms with van der Waals surface area (Å²) in [4.78, 5) is 11.5. The van der Waals surface area contributed by atoms with Crippen LogP contribution >= 0.6 is 0 Å². The van der Waals surface area contributed by atoms with E-state index in [9.17, 15) is 9.18 Å². The van der Waals surface area contributed by atoms with Crippen molar-refractivity contribution < 1.29 is 18.7 Å². The molecule has 2 aromatic carbocycles. The molecule has 0 heterocycles. The van der Waals surface area contributed by atoms with E-state index in [1.807, 2.05) is 6.07 Å². The van der Waals surface area contributed by atoms with E-state index in [-0.39, 0.29) is 18.1 Å². The number of hydrogen-bond acceptors (Lipinski definition) is 4. The maximum Gasteiger partial charge on any atom is 0.349 e. The van der Waals surface area contributed by atoms with E-state index in [1.165, 1.54) is 30.3 Å². The summed E-state index contributed by atoms with van der Waals surface area (Å²) in [5.41, 5.74) is 0.390. The van der Waals surface area contributed by atoms with Crippen LogP contribution in [0.25, 0.3) is 0 Å². The lowest BCUT2D eigenvalue weighted by Gasteiger charge is -2.06. The van der Waals surface area contributed by atoms with Crippen molar-refractivity contribution in [2.75, 3.05) is 6.61 Å². The van der Waals surface area contributed by atoms with Crippen molar-refractivity contribution in [2.24, 2.45) is 0 Å². The van der Waals surface area contributed by atoms with E-state index >= 15 is 0 Å². The number of rotatable bonds is 4. The third-order valence-electron chi connectivity index (χ3n) is 2.35. The Morgan fingerprint density at radius 1 is 1.15 bits per heavy atom. The lowest BCUT2D eigenvalue weighted by molar-refractivity contribution is -0.136. The first-order valence-corrected chi connectivity index (χ1v) is 5.76. The number of hydrogen-bond donors (Lipinski definition) is 0. The summed E-state index contributed by atoms with van der Waals surface area (Å²) in [5.74, 6) is -0.577. The predicted octanol–water partition coefficient (Wildman–Crippen LogP) is 2.68. The van der Waals surface area contributed by atoms with Crippen LogP contribution in [0.3, 0.4) is 0 Å². The van der Waals surface area contributed by atoms with Crippen molar-refractivity contribution in [3.05, 3.63) is 59.9 Å². The maximum atomic E-state index is 12.9. The number of benzene rings is 2. The fourth-order valence-electron chi connectivity index (χ4n) is 1.49. The van der Waals surface area contributed by atoms with Crippen LogP contribution in [-0.2, 0) is 4.79 Å². The van der Waals surface area contributed by atoms with Gasteiger partial charge >= 0.3 is 5.97 Å². The molecular formula is C15H10FNO3. The van der Waals surface area contributed by atoms with Crippen LogP contribution in [-0.4, -0.2) is 12.6 Å². The Morgan fingerprint density at radius 2 is 1.90 bits per heavy atom. The highest BCUT2D eigenvalue weighted by atomic mass is 19.1. The molecule has 0 amide bonds. The Bertz CT molecular complexity index is 664. The standard InChI is InChI=1S/C15H10FNO3/c16-12-4-2-5-13(8-12)19-10-15(18)20-14-6-1-3-11(7-14)9-17/h1-8H,10H2. The molecule has 0 fully saturated rings. The van der Waals surface area contributed by atoms with E-state index in [1.54, 1.807) is 18.2 Å². The smallest absolute Gasteiger partial charge is 0.349 e. The van der Waals surface area contributed by atoms with Gasteiger partial charge in [0.2, 0.25) is 0 Å². The van der Waals surface area contributed by atoms with Crippen molar-refractivity contribution in [2.45, 2.75) is 0 Å². The van der Waals surface area contributed by atoms with Gasteiger partial charge < -0.3 is 9.47 Å². The van der Waals surface area contributed by atoms with Gasteiger partial charge in [-0.25, -0.2) is 9.18 Å². The summed E-state index contributed by atoms with van der Waals surface area (Å²) in [5, 5.41) is 8.72. The molecular weight excluding hydrogens is 261 g/mol. The van der Waals surface area contributed by atoms with Gasteiger partial charge in [0.1, 0.15) is 17.3 Å². The van der Waals surface area contributed by atoms with Crippen molar-refractivity contribution in [3.8, 4) is 17.6 Å². The summed E-state index contributed by atoms with van der Waals surface area (Å²) in [7, 11) is 0. The van der Waals surface area contributed by atoms with Crippen LogP contribution in [0.4, 0.5) is 4.39 Å². The molecule has 2 aromatic rings. The van der Waals surface area contributed by atoms with Gasteiger partial charge in [-0.3, -0.25) is 0 Å². The highest BCUT2D eigenvalue weighted by Gasteiger charge is 2.07. The minimum absolute atomic E-state index is 0.243. The molecule has 0 atom stereocenters. The topological polar surface area (TPSA) is 59.3 Å². The third kappa shape index (κ3) is 3.82. The van der Waals surface area contributed by atoms with Gasteiger partial charge in [-0.05, 0) is 30.3 Å². The van der Waals surface area contributed by atoms with E-state index in [0.717, 1.165) is 0 Å². The number of carbonyl (C=O) groups is 1. The van der Waals surface area contributed by atoms with Crippen LogP contribution in [0.15, 0.2) is 48.5 Å². The summed E-state index contributed by atoms with van der Waals surface area (Å²) in [6.07, 6.45) is 0. The van der Waals surface area contributed by atoms with Crippen LogP contribution in [0, 0.1) is 17.1 Å². The van der Waals surface area contributed by atoms with E-state index in [2.05, 4.69) is 0 Å². The Kier molecular flexibility index (Phi) is 4.30.